The summed E-state index contributed by atoms with van der Waals surface area (Å²) < 4.78 is 0. The lowest BCUT2D eigenvalue weighted by molar-refractivity contribution is -0.146. The van der Waals surface area contributed by atoms with Crippen LogP contribution < -0.4 is 43.4 Å². The fourth-order valence-corrected chi connectivity index (χ4v) is 7.38. The Bertz CT molecular complexity index is 1690. The summed E-state index contributed by atoms with van der Waals surface area (Å²) >= 11 is 7.89. The minimum absolute atomic E-state index is 0.0203. The van der Waals surface area contributed by atoms with Crippen molar-refractivity contribution in [3.05, 3.63) is 0 Å². The van der Waals surface area contributed by atoms with Crippen LogP contribution in [0.5, 0.6) is 0 Å². The van der Waals surface area contributed by atoms with Crippen molar-refractivity contribution >= 4 is 84.5 Å². The molecule has 2 aliphatic heterocycles. The minimum Gasteiger partial charge on any atom is -0.481 e. The zero-order chi connectivity index (χ0) is 48.4. The Labute approximate surface area is 379 Å². The summed E-state index contributed by atoms with van der Waals surface area (Å²) in [4.78, 5) is 132. The molecule has 0 aliphatic carbocycles. The molecule has 0 aromatic rings. The van der Waals surface area contributed by atoms with E-state index in [9.17, 15) is 73.5 Å². The fourth-order valence-electron chi connectivity index (χ4n) is 6.97. The molecule has 2 rings (SSSR count). The minimum atomic E-state index is -1.90. The molecule has 25 nitrogen and oxygen atoms in total. The van der Waals surface area contributed by atoms with Gasteiger partial charge in [0.2, 0.25) is 47.3 Å². The number of carbonyl (C=O) groups is 10. The fraction of sp³-hybridized carbons (Fsp3) is 0.730. The molecule has 15 N–H and O–H groups in total. The van der Waals surface area contributed by atoms with Gasteiger partial charge in [-0.15, -0.1) is 0 Å². The van der Waals surface area contributed by atoms with E-state index < -0.39 is 139 Å². The number of aliphatic hydroxyl groups excluding tert-OH is 3. The molecule has 0 saturated carbocycles. The van der Waals surface area contributed by atoms with E-state index in [0.717, 1.165) is 11.8 Å². The van der Waals surface area contributed by atoms with Crippen LogP contribution in [0.25, 0.3) is 0 Å². The summed E-state index contributed by atoms with van der Waals surface area (Å²) in [6.45, 7) is 1.71. The third kappa shape index (κ3) is 16.0. The smallest absolute Gasteiger partial charge is 0.327 e. The summed E-state index contributed by atoms with van der Waals surface area (Å²) in [5.74, 6) is -11.0. The van der Waals surface area contributed by atoms with Crippen LogP contribution in [-0.2, 0) is 47.9 Å². The number of nitrogens with one attached hydrogen (secondary N) is 6. The highest BCUT2D eigenvalue weighted by atomic mass is 32.1. The van der Waals surface area contributed by atoms with Crippen LogP contribution in [0.2, 0.25) is 0 Å². The number of rotatable bonds is 26. The van der Waals surface area contributed by atoms with Crippen molar-refractivity contribution in [3.63, 3.8) is 0 Å². The Hall–Kier alpha value is -4.80. The average Bonchev–Trinajstić information content (AvgIpc) is 3.95. The molecular formula is C37H62N10O15S2. The molecule has 2 aliphatic rings. The lowest BCUT2D eigenvalue weighted by Crippen LogP contribution is -2.62. The monoisotopic (exact) mass is 950 g/mol. The van der Waals surface area contributed by atoms with Gasteiger partial charge in [-0.3, -0.25) is 43.2 Å². The predicted octanol–water partition coefficient (Wildman–Crippen LogP) is -6.49. The van der Waals surface area contributed by atoms with Crippen LogP contribution in [0, 0.1) is 0 Å². The largest absolute Gasteiger partial charge is 0.481 e. The molecule has 0 spiro atoms. The molecule has 27 heteroatoms. The molecule has 0 aromatic carbocycles. The Balaban J connectivity index is 2.25. The number of nitrogens with zero attached hydrogens (tertiary/aromatic N) is 2. The predicted molar refractivity (Wildman–Crippen MR) is 230 cm³/mol. The van der Waals surface area contributed by atoms with Crippen LogP contribution in [-0.4, -0.2) is 199 Å². The molecular weight excluding hydrogens is 889 g/mol. The molecule has 64 heavy (non-hydrogen) atoms. The first-order valence-corrected chi connectivity index (χ1v) is 21.9. The highest BCUT2D eigenvalue weighted by Crippen LogP contribution is 2.22. The summed E-state index contributed by atoms with van der Waals surface area (Å²) in [6.07, 6.45) is -2.75. The highest BCUT2D eigenvalue weighted by molar-refractivity contribution is 7.80. The van der Waals surface area contributed by atoms with E-state index in [1.54, 1.807) is 0 Å². The standard InChI is InChI=1S/C37H62N10O15S2/c1-17(49)27(34(58)40-20(7-3-4-10-38)29(53)42-22(14-48)31(55)43-23(16-64)37(61)62)44-30(54)21(13-26(51)52)41-32(56)24-8-6-12-47(24)36(60)28(18(2)50)45-33(57)25-9-5-11-46(25)35(59)19(39)15-63/h17-25,27-28,48-50,63-64H,3-16,38-39H2,1-2H3,(H,40,58)(H,41,56)(H,42,53)(H,43,55)(H,44,54)(H,45,57)(H,51,52)(H,61,62)/t17-,18-,19+,20+,21+,22+,23+,24+,25+,27+,28+/m1/s1. The number of hydrogen-bond acceptors (Lipinski definition) is 17. The Kier molecular flexibility index (Phi) is 23.2. The molecule has 11 atom stereocenters. The van der Waals surface area contributed by atoms with Gasteiger partial charge in [0.25, 0.3) is 0 Å². The second kappa shape index (κ2) is 26.9. The number of thiol groups is 2. The molecule has 8 amide bonds. The lowest BCUT2D eigenvalue weighted by atomic mass is 10.0. The SMILES string of the molecule is C[C@@H](O)[C@H](NC(=O)[C@H](CC(=O)O)NC(=O)[C@@H]1CCCN1C(=O)[C@@H](NC(=O)[C@@H]1CCCN1C(=O)[C@@H](N)CS)[C@@H](C)O)C(=O)N[C@@H](CCCCN)C(=O)N[C@@H](CO)C(=O)N[C@@H](CS)C(=O)O. The second-order valence-corrected chi connectivity index (χ2v) is 16.2. The Morgan fingerprint density at radius 3 is 1.62 bits per heavy atom. The van der Waals surface area contributed by atoms with Crippen LogP contribution >= 0.6 is 25.3 Å². The first-order valence-electron chi connectivity index (χ1n) is 20.7. The first-order chi connectivity index (χ1) is 30.1. The molecule has 2 heterocycles. The normalized spacial score (nSPS) is 20.2. The third-order valence-electron chi connectivity index (χ3n) is 10.5. The zero-order valence-electron chi connectivity index (χ0n) is 35.5. The zero-order valence-corrected chi connectivity index (χ0v) is 37.3. The quantitative estimate of drug-likeness (QED) is 0.0283. The summed E-state index contributed by atoms with van der Waals surface area (Å²) in [5.41, 5.74) is 11.4. The van der Waals surface area contributed by atoms with Crippen molar-refractivity contribution in [1.82, 2.24) is 41.7 Å². The van der Waals surface area contributed by atoms with Gasteiger partial charge in [0, 0.05) is 24.6 Å². The number of carboxylic acids is 2. The van der Waals surface area contributed by atoms with E-state index in [4.69, 9.17) is 11.5 Å². The van der Waals surface area contributed by atoms with Gasteiger partial charge in [-0.05, 0) is 65.3 Å². The molecule has 0 radical (unpaired) electrons. The van der Waals surface area contributed by atoms with E-state index in [1.807, 2.05) is 0 Å². The maximum absolute atomic E-state index is 13.8. The first kappa shape index (κ1) is 55.3. The molecule has 0 unspecified atom stereocenters. The van der Waals surface area contributed by atoms with Crippen molar-refractivity contribution in [2.24, 2.45) is 11.5 Å². The Morgan fingerprint density at radius 2 is 1.14 bits per heavy atom. The molecule has 362 valence electrons. The van der Waals surface area contributed by atoms with Gasteiger partial charge in [-0.25, -0.2) is 4.79 Å². The number of carboxylic acid groups (broad SMARTS) is 2. The Morgan fingerprint density at radius 1 is 0.641 bits per heavy atom. The number of aliphatic hydroxyl groups is 3. The van der Waals surface area contributed by atoms with Gasteiger partial charge in [0.15, 0.2) is 0 Å². The lowest BCUT2D eigenvalue weighted by Gasteiger charge is -2.32. The van der Waals surface area contributed by atoms with Crippen LogP contribution in [0.15, 0.2) is 0 Å². The van der Waals surface area contributed by atoms with Crippen molar-refractivity contribution in [2.45, 2.75) is 132 Å². The van der Waals surface area contributed by atoms with Gasteiger partial charge >= 0.3 is 11.9 Å². The number of amides is 8. The molecule has 0 aromatic heterocycles. The van der Waals surface area contributed by atoms with Crippen LogP contribution in [0.1, 0.15) is 65.2 Å². The number of likely N-dealkylation sites (tertiary alicyclic amines) is 2. The van der Waals surface area contributed by atoms with Crippen molar-refractivity contribution in [2.75, 3.05) is 37.7 Å². The van der Waals surface area contributed by atoms with Gasteiger partial charge in [-0.2, -0.15) is 25.3 Å². The number of nitrogens with two attached hydrogens (primary N) is 2. The average molecular weight is 951 g/mol. The van der Waals surface area contributed by atoms with Crippen molar-refractivity contribution < 1.29 is 73.5 Å². The van der Waals surface area contributed by atoms with Crippen LogP contribution in [0.3, 0.4) is 0 Å². The molecule has 2 saturated heterocycles. The number of carbonyl (C=O) groups excluding carboxylic acids is 8. The third-order valence-corrected chi connectivity index (χ3v) is 11.3. The van der Waals surface area contributed by atoms with Gasteiger partial charge < -0.3 is 78.7 Å². The van der Waals surface area contributed by atoms with E-state index in [0.29, 0.717) is 12.8 Å². The van der Waals surface area contributed by atoms with Gasteiger partial charge in [0.05, 0.1) is 31.3 Å². The second-order valence-electron chi connectivity index (χ2n) is 15.5. The van der Waals surface area contributed by atoms with Crippen molar-refractivity contribution in [1.29, 1.82) is 0 Å². The molecule has 0 bridgehead atoms. The van der Waals surface area contributed by atoms with E-state index in [2.05, 4.69) is 57.2 Å². The maximum atomic E-state index is 13.8. The van der Waals surface area contributed by atoms with Crippen LogP contribution in [0.4, 0.5) is 0 Å². The van der Waals surface area contributed by atoms with Gasteiger partial charge in [-0.1, -0.05) is 0 Å². The topological polar surface area (TPSA) is 403 Å². The van der Waals surface area contributed by atoms with Crippen molar-refractivity contribution in [3.8, 4) is 0 Å². The van der Waals surface area contributed by atoms with Gasteiger partial charge in [0.1, 0.15) is 48.3 Å². The summed E-state index contributed by atoms with van der Waals surface area (Å²) in [6, 6.07) is -13.3. The number of hydrogen-bond donors (Lipinski definition) is 15. The maximum Gasteiger partial charge on any atom is 0.327 e. The summed E-state index contributed by atoms with van der Waals surface area (Å²) in [7, 11) is 0. The summed E-state index contributed by atoms with van der Waals surface area (Å²) in [5, 5.41) is 63.4. The van der Waals surface area contributed by atoms with E-state index >= 15 is 0 Å². The molecule has 2 fully saturated rings. The number of unbranched alkanes of at least 4 members (excludes halogenated alkanes) is 1. The number of aliphatic carboxylic acids is 2. The van der Waals surface area contributed by atoms with E-state index in [1.165, 1.54) is 11.8 Å². The highest BCUT2D eigenvalue weighted by Gasteiger charge is 2.43. The van der Waals surface area contributed by atoms with E-state index in [-0.39, 0.29) is 63.2 Å².